The summed E-state index contributed by atoms with van der Waals surface area (Å²) in [5.74, 6) is -0.270. The van der Waals surface area contributed by atoms with Crippen molar-refractivity contribution in [2.45, 2.75) is 6.92 Å². The number of carbonyl (C=O) groups is 1. The Kier molecular flexibility index (Phi) is 7.01. The van der Waals surface area contributed by atoms with Gasteiger partial charge in [-0.15, -0.1) is 28.1 Å². The molecule has 0 atom stereocenters. The van der Waals surface area contributed by atoms with E-state index in [1.165, 1.54) is 6.92 Å². The molecule has 0 radical (unpaired) electrons. The normalized spacial score (nSPS) is 8.71. The Balaban J connectivity index is 0.00000169. The van der Waals surface area contributed by atoms with E-state index in [1.807, 2.05) is 30.3 Å². The standard InChI is InChI=1S/C10H10BrO2.Au/c1-8(12)13-7-10(11)9-5-3-2-4-6-9;/h2-6H,7H2,1H3;/q-1;+1. The third kappa shape index (κ3) is 4.86. The van der Waals surface area contributed by atoms with E-state index >= 15 is 0 Å². The van der Waals surface area contributed by atoms with Gasteiger partial charge in [0.15, 0.2) is 0 Å². The zero-order valence-corrected chi connectivity index (χ0v) is 11.3. The number of hydrogen-bond acceptors (Lipinski definition) is 2. The predicted octanol–water partition coefficient (Wildman–Crippen LogP) is 2.52. The Bertz CT molecular complexity index is 277. The smallest absolute Gasteiger partial charge is 0.473 e. The first-order valence-corrected chi connectivity index (χ1v) is 4.69. The third-order valence-electron chi connectivity index (χ3n) is 1.49. The van der Waals surface area contributed by atoms with Crippen LogP contribution in [-0.2, 0) is 31.9 Å². The fourth-order valence-electron chi connectivity index (χ4n) is 0.867. The Hall–Kier alpha value is -0.220. The molecule has 0 heterocycles. The fraction of sp³-hybridized carbons (Fsp3) is 0.200. The minimum atomic E-state index is -0.270. The number of halogens is 1. The molecule has 80 valence electrons. The van der Waals surface area contributed by atoms with Crippen LogP contribution in [0, 0.1) is 4.83 Å². The van der Waals surface area contributed by atoms with Gasteiger partial charge in [0.2, 0.25) is 0 Å². The summed E-state index contributed by atoms with van der Waals surface area (Å²) in [6, 6.07) is 9.71. The average Bonchev–Trinajstić information content (AvgIpc) is 2.15. The van der Waals surface area contributed by atoms with Crippen molar-refractivity contribution in [3.8, 4) is 0 Å². The minimum absolute atomic E-state index is 0. The summed E-state index contributed by atoms with van der Waals surface area (Å²) in [5.41, 5.74) is 1.03. The van der Waals surface area contributed by atoms with Crippen LogP contribution in [0.2, 0.25) is 0 Å². The Morgan fingerprint density at radius 2 is 2.00 bits per heavy atom. The second-order valence-electron chi connectivity index (χ2n) is 2.55. The first-order valence-electron chi connectivity index (χ1n) is 3.90. The molecule has 0 spiro atoms. The van der Waals surface area contributed by atoms with Crippen LogP contribution >= 0.6 is 15.9 Å². The largest absolute Gasteiger partial charge is 1.00 e. The van der Waals surface area contributed by atoms with Crippen molar-refractivity contribution >= 4 is 21.9 Å². The number of ether oxygens (including phenoxy) is 1. The van der Waals surface area contributed by atoms with Gasteiger partial charge in [0.05, 0.1) is 6.61 Å². The molecule has 0 aliphatic carbocycles. The summed E-state index contributed by atoms with van der Waals surface area (Å²) in [7, 11) is 0. The van der Waals surface area contributed by atoms with Gasteiger partial charge < -0.3 is 4.74 Å². The van der Waals surface area contributed by atoms with Crippen LogP contribution in [-0.4, -0.2) is 12.6 Å². The summed E-state index contributed by atoms with van der Waals surface area (Å²) in [6.07, 6.45) is 0. The van der Waals surface area contributed by atoms with E-state index < -0.39 is 0 Å². The van der Waals surface area contributed by atoms with E-state index in [4.69, 9.17) is 4.74 Å². The molecular formula is C10H10AuBrO2. The van der Waals surface area contributed by atoms with E-state index in [0.717, 1.165) is 10.4 Å². The van der Waals surface area contributed by atoms with Crippen molar-refractivity contribution in [3.63, 3.8) is 0 Å². The molecule has 14 heavy (non-hydrogen) atoms. The molecule has 4 heteroatoms. The summed E-state index contributed by atoms with van der Waals surface area (Å²) >= 11 is 3.35. The van der Waals surface area contributed by atoms with Crippen LogP contribution in [0.5, 0.6) is 0 Å². The quantitative estimate of drug-likeness (QED) is 0.412. The molecule has 0 aromatic heterocycles. The maximum Gasteiger partial charge on any atom is 1.00 e. The van der Waals surface area contributed by atoms with Crippen molar-refractivity contribution in [2.24, 2.45) is 0 Å². The Morgan fingerprint density at radius 3 is 2.50 bits per heavy atom. The maximum atomic E-state index is 10.5. The summed E-state index contributed by atoms with van der Waals surface area (Å²) < 4.78 is 4.84. The fourth-order valence-corrected chi connectivity index (χ4v) is 1.25. The van der Waals surface area contributed by atoms with Crippen molar-refractivity contribution < 1.29 is 31.9 Å². The summed E-state index contributed by atoms with van der Waals surface area (Å²) in [4.78, 5) is 11.4. The number of carbonyl (C=O) groups excluding carboxylic acids is 1. The molecule has 0 aliphatic rings. The van der Waals surface area contributed by atoms with Gasteiger partial charge in [-0.3, -0.25) is 4.79 Å². The van der Waals surface area contributed by atoms with Gasteiger partial charge in [0, 0.05) is 6.92 Å². The van der Waals surface area contributed by atoms with Crippen LogP contribution in [0.1, 0.15) is 12.5 Å². The van der Waals surface area contributed by atoms with E-state index in [2.05, 4.69) is 15.9 Å². The van der Waals surface area contributed by atoms with Crippen LogP contribution in [0.25, 0.3) is 0 Å². The molecular weight excluding hydrogens is 429 g/mol. The zero-order valence-electron chi connectivity index (χ0n) is 7.59. The van der Waals surface area contributed by atoms with Crippen LogP contribution in [0.4, 0.5) is 0 Å². The Labute approximate surface area is 108 Å². The first kappa shape index (κ1) is 13.8. The molecule has 2 nitrogen and oxygen atoms in total. The average molecular weight is 439 g/mol. The number of rotatable bonds is 3. The van der Waals surface area contributed by atoms with E-state index in [9.17, 15) is 4.79 Å². The summed E-state index contributed by atoms with van der Waals surface area (Å²) in [5, 5.41) is 0. The SMILES string of the molecule is CC(=O)OC[C-](Br)c1ccccc1.[Au+]. The van der Waals surface area contributed by atoms with Gasteiger partial charge in [-0.25, -0.2) is 0 Å². The number of hydrogen-bond donors (Lipinski definition) is 0. The number of benzene rings is 1. The van der Waals surface area contributed by atoms with Crippen molar-refractivity contribution in [1.82, 2.24) is 0 Å². The van der Waals surface area contributed by atoms with Gasteiger partial charge in [-0.1, -0.05) is 10.9 Å². The van der Waals surface area contributed by atoms with Crippen LogP contribution < -0.4 is 0 Å². The van der Waals surface area contributed by atoms with Crippen molar-refractivity contribution in [3.05, 3.63) is 40.7 Å². The van der Waals surface area contributed by atoms with Gasteiger partial charge >= 0.3 is 28.3 Å². The van der Waals surface area contributed by atoms with Gasteiger partial charge in [-0.2, -0.15) is 17.7 Å². The first-order chi connectivity index (χ1) is 6.20. The minimum Gasteiger partial charge on any atom is -0.473 e. The monoisotopic (exact) mass is 438 g/mol. The van der Waals surface area contributed by atoms with E-state index in [-0.39, 0.29) is 28.3 Å². The molecule has 1 aromatic rings. The topological polar surface area (TPSA) is 26.3 Å². The molecule has 0 saturated carbocycles. The van der Waals surface area contributed by atoms with Gasteiger partial charge in [0.1, 0.15) is 0 Å². The zero-order chi connectivity index (χ0) is 9.68. The molecule has 0 unspecified atom stereocenters. The molecule has 1 rings (SSSR count). The molecule has 0 bridgehead atoms. The molecule has 0 amide bonds. The van der Waals surface area contributed by atoms with Crippen LogP contribution in [0.15, 0.2) is 30.3 Å². The molecule has 1 aromatic carbocycles. The molecule has 0 saturated heterocycles. The second-order valence-corrected chi connectivity index (χ2v) is 3.51. The van der Waals surface area contributed by atoms with Crippen LogP contribution in [0.3, 0.4) is 0 Å². The number of esters is 1. The van der Waals surface area contributed by atoms with Crippen molar-refractivity contribution in [1.29, 1.82) is 0 Å². The third-order valence-corrected chi connectivity index (χ3v) is 2.18. The van der Waals surface area contributed by atoms with E-state index in [0.29, 0.717) is 6.61 Å². The predicted molar refractivity (Wildman–Crippen MR) is 54.3 cm³/mol. The molecule has 0 fully saturated rings. The second kappa shape index (κ2) is 7.12. The van der Waals surface area contributed by atoms with Crippen molar-refractivity contribution in [2.75, 3.05) is 6.61 Å². The Morgan fingerprint density at radius 1 is 1.43 bits per heavy atom. The molecule has 0 aliphatic heterocycles. The van der Waals surface area contributed by atoms with Gasteiger partial charge in [0.25, 0.3) is 0 Å². The maximum absolute atomic E-state index is 10.5. The van der Waals surface area contributed by atoms with E-state index in [1.54, 1.807) is 0 Å². The molecule has 0 N–H and O–H groups in total. The summed E-state index contributed by atoms with van der Waals surface area (Å²) in [6.45, 7) is 1.69. The van der Waals surface area contributed by atoms with Gasteiger partial charge in [-0.05, 0) is 0 Å².